The molecule has 2 N–H and O–H groups in total. The number of azo groups is 1. The Bertz CT molecular complexity index is 1400. The van der Waals surface area contributed by atoms with Gasteiger partial charge in [0, 0.05) is 23.9 Å². The lowest BCUT2D eigenvalue weighted by atomic mass is 10.1. The van der Waals surface area contributed by atoms with Gasteiger partial charge in [0.25, 0.3) is 11.5 Å². The molecule has 1 aliphatic heterocycles. The van der Waals surface area contributed by atoms with Gasteiger partial charge in [0.1, 0.15) is 11.6 Å². The molecule has 0 fully saturated rings. The fourth-order valence-electron chi connectivity index (χ4n) is 3.61. The summed E-state index contributed by atoms with van der Waals surface area (Å²) < 4.78 is 15.2. The van der Waals surface area contributed by atoms with Gasteiger partial charge in [0.15, 0.2) is 5.69 Å². The molecule has 0 saturated carbocycles. The molecule has 9 heteroatoms. The van der Waals surface area contributed by atoms with Crippen molar-refractivity contribution in [2.45, 2.75) is 19.4 Å². The maximum absolute atomic E-state index is 13.5. The Morgan fingerprint density at radius 1 is 1.21 bits per heavy atom. The first-order valence-corrected chi connectivity index (χ1v) is 9.01. The molecule has 3 heterocycles. The topological polar surface area (TPSA) is 113 Å². The van der Waals surface area contributed by atoms with E-state index in [1.54, 1.807) is 10.6 Å². The average Bonchev–Trinajstić information content (AvgIpc) is 3.29. The number of fused-ring (bicyclic) bond motifs is 3. The Kier molecular flexibility index (Phi) is 3.76. The molecule has 0 spiro atoms. The molecule has 0 atom stereocenters. The molecule has 0 saturated heterocycles. The van der Waals surface area contributed by atoms with Crippen molar-refractivity contribution in [3.8, 4) is 5.88 Å². The van der Waals surface area contributed by atoms with E-state index in [-0.39, 0.29) is 22.7 Å². The van der Waals surface area contributed by atoms with Gasteiger partial charge in [-0.3, -0.25) is 14.2 Å². The van der Waals surface area contributed by atoms with E-state index in [4.69, 9.17) is 0 Å². The van der Waals surface area contributed by atoms with Crippen molar-refractivity contribution in [3.05, 3.63) is 64.0 Å². The number of halogens is 1. The number of H-pyrrole nitrogens is 1. The number of carbonyl (C=O) groups is 1. The van der Waals surface area contributed by atoms with Crippen molar-refractivity contribution >= 4 is 33.4 Å². The number of rotatable bonds is 2. The summed E-state index contributed by atoms with van der Waals surface area (Å²) in [4.78, 5) is 32.1. The number of carbonyl (C=O) groups excluding carboxylic acids is 1. The number of aromatic hydroxyl groups is 1. The van der Waals surface area contributed by atoms with Gasteiger partial charge in [-0.15, -0.1) is 10.2 Å². The number of hydrogen-bond donors (Lipinski definition) is 2. The Morgan fingerprint density at radius 3 is 2.93 bits per heavy atom. The third-order valence-corrected chi connectivity index (χ3v) is 5.02. The average molecular weight is 391 g/mol. The molecular formula is C20H14FN5O3. The summed E-state index contributed by atoms with van der Waals surface area (Å²) in [6.45, 7) is 0.653. The summed E-state index contributed by atoms with van der Waals surface area (Å²) in [6, 6.07) is 8.44. The van der Waals surface area contributed by atoms with Gasteiger partial charge in [-0.05, 0) is 42.8 Å². The second-order valence-corrected chi connectivity index (χ2v) is 6.84. The maximum atomic E-state index is 13.5. The number of nitrogens with one attached hydrogen (secondary N) is 1. The van der Waals surface area contributed by atoms with Crippen LogP contribution in [0.15, 0.2) is 51.4 Å². The highest BCUT2D eigenvalue weighted by molar-refractivity contribution is 5.99. The quantitative estimate of drug-likeness (QED) is 0.508. The smallest absolute Gasteiger partial charge is 0.295 e. The molecule has 0 bridgehead atoms. The number of nitrogens with zero attached hydrogens (tertiary/aromatic N) is 4. The van der Waals surface area contributed by atoms with E-state index in [1.807, 2.05) is 0 Å². The van der Waals surface area contributed by atoms with E-state index >= 15 is 0 Å². The van der Waals surface area contributed by atoms with E-state index < -0.39 is 11.7 Å². The minimum Gasteiger partial charge on any atom is -0.493 e. The van der Waals surface area contributed by atoms with Crippen LogP contribution < -0.4 is 5.56 Å². The molecular weight excluding hydrogens is 377 g/mol. The summed E-state index contributed by atoms with van der Waals surface area (Å²) in [5.74, 6) is -0.775. The van der Waals surface area contributed by atoms with Crippen LogP contribution in [0.4, 0.5) is 10.1 Å². The summed E-state index contributed by atoms with van der Waals surface area (Å²) in [7, 11) is 0. The highest BCUT2D eigenvalue weighted by atomic mass is 19.1. The van der Waals surface area contributed by atoms with Crippen LogP contribution in [0.2, 0.25) is 0 Å². The van der Waals surface area contributed by atoms with Crippen LogP contribution in [-0.4, -0.2) is 25.5 Å². The molecule has 29 heavy (non-hydrogen) atoms. The van der Waals surface area contributed by atoms with Crippen LogP contribution in [-0.2, 0) is 13.0 Å². The molecule has 0 aliphatic carbocycles. The van der Waals surface area contributed by atoms with Crippen molar-refractivity contribution in [3.63, 3.8) is 0 Å². The predicted molar refractivity (Wildman–Crippen MR) is 103 cm³/mol. The van der Waals surface area contributed by atoms with E-state index in [2.05, 4.69) is 20.2 Å². The Hall–Kier alpha value is -3.88. The van der Waals surface area contributed by atoms with Crippen molar-refractivity contribution in [2.24, 2.45) is 10.2 Å². The fraction of sp³-hybridized carbons (Fsp3) is 0.150. The number of aromatic nitrogens is 3. The first kappa shape index (κ1) is 17.2. The Labute approximate surface area is 162 Å². The first-order valence-electron chi connectivity index (χ1n) is 9.01. The van der Waals surface area contributed by atoms with Crippen LogP contribution in [0, 0.1) is 5.82 Å². The third kappa shape index (κ3) is 2.78. The van der Waals surface area contributed by atoms with Crippen molar-refractivity contribution < 1.29 is 14.3 Å². The van der Waals surface area contributed by atoms with E-state index in [9.17, 15) is 19.1 Å². The second kappa shape index (κ2) is 6.33. The van der Waals surface area contributed by atoms with Gasteiger partial charge >= 0.3 is 0 Å². The summed E-state index contributed by atoms with van der Waals surface area (Å²) in [5.41, 5.74) is 0.967. The van der Waals surface area contributed by atoms with Crippen LogP contribution in [0.5, 0.6) is 5.88 Å². The van der Waals surface area contributed by atoms with Crippen molar-refractivity contribution in [1.82, 2.24) is 14.5 Å². The molecule has 144 valence electrons. The maximum Gasteiger partial charge on any atom is 0.295 e. The highest BCUT2D eigenvalue weighted by Crippen LogP contribution is 2.35. The van der Waals surface area contributed by atoms with Gasteiger partial charge in [-0.1, -0.05) is 0 Å². The summed E-state index contributed by atoms with van der Waals surface area (Å²) >= 11 is 0. The minimum absolute atomic E-state index is 0.0252. The van der Waals surface area contributed by atoms with E-state index in [1.165, 1.54) is 30.3 Å². The highest BCUT2D eigenvalue weighted by Gasteiger charge is 2.17. The number of aryl methyl sites for hydroxylation is 1. The monoisotopic (exact) mass is 391 g/mol. The van der Waals surface area contributed by atoms with E-state index in [0.29, 0.717) is 34.2 Å². The van der Waals surface area contributed by atoms with Crippen LogP contribution in [0.25, 0.3) is 21.8 Å². The standard InChI is InChI=1S/C20H14FN5O3/c21-11-4-6-14-13(9-11)17(19(28)23-14)24-25-18(27)10-3-5-12-15(8-10)22-16-2-1-7-26(16)20(12)29/h3-6,8-9,23,28H,1-2,7H2. The van der Waals surface area contributed by atoms with Gasteiger partial charge in [0.05, 0.1) is 16.4 Å². The fourth-order valence-corrected chi connectivity index (χ4v) is 3.61. The molecule has 5 rings (SSSR count). The lowest BCUT2D eigenvalue weighted by molar-refractivity contribution is 0.0995. The number of benzene rings is 2. The number of hydrogen-bond acceptors (Lipinski definition) is 5. The second-order valence-electron chi connectivity index (χ2n) is 6.84. The molecule has 1 aliphatic rings. The van der Waals surface area contributed by atoms with Crippen LogP contribution in [0.1, 0.15) is 22.6 Å². The predicted octanol–water partition coefficient (Wildman–Crippen LogP) is 3.59. The number of amides is 1. The van der Waals surface area contributed by atoms with Crippen LogP contribution in [0.3, 0.4) is 0 Å². The Balaban J connectivity index is 1.52. The third-order valence-electron chi connectivity index (χ3n) is 5.02. The normalized spacial score (nSPS) is 13.6. The van der Waals surface area contributed by atoms with E-state index in [0.717, 1.165) is 12.8 Å². The molecule has 2 aromatic carbocycles. The zero-order chi connectivity index (χ0) is 20.1. The zero-order valence-electron chi connectivity index (χ0n) is 15.0. The van der Waals surface area contributed by atoms with Gasteiger partial charge in [-0.2, -0.15) is 0 Å². The molecule has 0 unspecified atom stereocenters. The van der Waals surface area contributed by atoms with Gasteiger partial charge in [-0.25, -0.2) is 9.37 Å². The summed E-state index contributed by atoms with van der Waals surface area (Å²) in [5, 5.41) is 18.2. The molecule has 0 radical (unpaired) electrons. The zero-order valence-corrected chi connectivity index (χ0v) is 15.0. The Morgan fingerprint density at radius 2 is 2.07 bits per heavy atom. The molecule has 4 aromatic rings. The largest absolute Gasteiger partial charge is 0.493 e. The number of aromatic amines is 1. The summed E-state index contributed by atoms with van der Waals surface area (Å²) in [6.07, 6.45) is 1.59. The lowest BCUT2D eigenvalue weighted by Crippen LogP contribution is -2.21. The lowest BCUT2D eigenvalue weighted by Gasteiger charge is -2.05. The van der Waals surface area contributed by atoms with Crippen molar-refractivity contribution in [1.29, 1.82) is 0 Å². The first-order chi connectivity index (χ1) is 14.0. The van der Waals surface area contributed by atoms with Crippen LogP contribution >= 0.6 is 0 Å². The van der Waals surface area contributed by atoms with Gasteiger partial charge < -0.3 is 10.1 Å². The molecule has 8 nitrogen and oxygen atoms in total. The molecule has 2 aromatic heterocycles. The molecule has 1 amide bonds. The SMILES string of the molecule is O=C(N=Nc1c(O)[nH]c2ccc(F)cc12)c1ccc2c(=O)n3c(nc2c1)CCC3. The minimum atomic E-state index is -0.667. The van der Waals surface area contributed by atoms with Gasteiger partial charge in [0.2, 0.25) is 5.88 Å². The van der Waals surface area contributed by atoms with Crippen molar-refractivity contribution in [2.75, 3.05) is 0 Å².